The molecule has 3 aromatic carbocycles. The predicted octanol–water partition coefficient (Wildman–Crippen LogP) is 6.12. The number of rotatable bonds is 7. The summed E-state index contributed by atoms with van der Waals surface area (Å²) in [5, 5.41) is 11.6. The number of nitrogens with zero attached hydrogens (tertiary/aromatic N) is 2. The molecule has 33 heavy (non-hydrogen) atoms. The van der Waals surface area contributed by atoms with Crippen molar-refractivity contribution < 1.29 is 19.3 Å². The van der Waals surface area contributed by atoms with Crippen LogP contribution in [0.25, 0.3) is 11.3 Å². The van der Waals surface area contributed by atoms with Gasteiger partial charge in [-0.15, -0.1) is 0 Å². The quantitative estimate of drug-likeness (QED) is 0.326. The monoisotopic (exact) mass is 483 g/mol. The highest BCUT2D eigenvalue weighted by atomic mass is 35.5. The van der Waals surface area contributed by atoms with E-state index < -0.39 is 0 Å². The molecule has 0 saturated heterocycles. The number of phenolic OH excluding ortho intramolecular Hbond substituents is 1. The van der Waals surface area contributed by atoms with Gasteiger partial charge in [-0.3, -0.25) is 0 Å². The second-order valence-corrected chi connectivity index (χ2v) is 7.72. The number of nitrogen functional groups attached to an aromatic ring is 1. The first-order valence-electron chi connectivity index (χ1n) is 9.78. The van der Waals surface area contributed by atoms with E-state index in [1.54, 1.807) is 43.5 Å². The molecular formula is C24H19Cl2N3O4. The highest BCUT2D eigenvalue weighted by Crippen LogP contribution is 2.40. The fraction of sp³-hybridized carbons (Fsp3) is 0.0833. The Balaban J connectivity index is 1.60. The number of benzene rings is 3. The number of aromatic hydroxyl groups is 1. The van der Waals surface area contributed by atoms with Crippen molar-refractivity contribution in [2.75, 3.05) is 12.8 Å². The van der Waals surface area contributed by atoms with Gasteiger partial charge in [0.25, 0.3) is 0 Å². The van der Waals surface area contributed by atoms with Gasteiger partial charge in [-0.2, -0.15) is 0 Å². The molecule has 0 aliphatic rings. The van der Waals surface area contributed by atoms with Crippen LogP contribution < -0.4 is 19.9 Å². The topological polar surface area (TPSA) is 99.7 Å². The van der Waals surface area contributed by atoms with Gasteiger partial charge in [0.1, 0.15) is 23.8 Å². The second-order valence-electron chi connectivity index (χ2n) is 6.91. The lowest BCUT2D eigenvalue weighted by Crippen LogP contribution is -2.00. The van der Waals surface area contributed by atoms with Gasteiger partial charge in [-0.1, -0.05) is 41.4 Å². The molecule has 0 fully saturated rings. The number of anilines is 1. The van der Waals surface area contributed by atoms with Crippen LogP contribution in [0.15, 0.2) is 66.9 Å². The van der Waals surface area contributed by atoms with Gasteiger partial charge >= 0.3 is 0 Å². The second kappa shape index (κ2) is 9.85. The van der Waals surface area contributed by atoms with Gasteiger partial charge < -0.3 is 25.1 Å². The third-order valence-electron chi connectivity index (χ3n) is 4.68. The smallest absolute Gasteiger partial charge is 0.220 e. The van der Waals surface area contributed by atoms with Crippen LogP contribution in [0.2, 0.25) is 10.0 Å². The number of phenols is 1. The van der Waals surface area contributed by atoms with E-state index in [0.717, 1.165) is 5.56 Å². The number of methoxy groups -OCH3 is 1. The summed E-state index contributed by atoms with van der Waals surface area (Å²) in [6, 6.07) is 17.3. The molecule has 0 spiro atoms. The van der Waals surface area contributed by atoms with Crippen molar-refractivity contribution in [2.24, 2.45) is 0 Å². The number of aromatic nitrogens is 2. The average molecular weight is 484 g/mol. The molecule has 0 aliphatic carbocycles. The number of halogens is 2. The Bertz CT molecular complexity index is 1300. The Labute approximate surface area is 200 Å². The minimum atomic E-state index is -0.0652. The summed E-state index contributed by atoms with van der Waals surface area (Å²) in [5.41, 5.74) is 7.36. The number of hydrogen-bond donors (Lipinski definition) is 2. The Morgan fingerprint density at radius 3 is 2.45 bits per heavy atom. The Morgan fingerprint density at radius 2 is 1.73 bits per heavy atom. The van der Waals surface area contributed by atoms with Gasteiger partial charge in [0, 0.05) is 11.6 Å². The molecule has 4 rings (SSSR count). The lowest BCUT2D eigenvalue weighted by atomic mass is 10.1. The first-order chi connectivity index (χ1) is 15.9. The van der Waals surface area contributed by atoms with Gasteiger partial charge in [-0.25, -0.2) is 9.97 Å². The minimum Gasteiger partial charge on any atom is -0.507 e. The molecule has 4 aromatic rings. The van der Waals surface area contributed by atoms with Crippen LogP contribution in [0.5, 0.6) is 28.7 Å². The van der Waals surface area contributed by atoms with Crippen LogP contribution in [-0.4, -0.2) is 22.2 Å². The fourth-order valence-electron chi connectivity index (χ4n) is 3.07. The van der Waals surface area contributed by atoms with Crippen LogP contribution in [0.4, 0.5) is 5.95 Å². The average Bonchev–Trinajstić information content (AvgIpc) is 2.81. The molecule has 0 unspecified atom stereocenters. The summed E-state index contributed by atoms with van der Waals surface area (Å²) in [5.74, 6) is 1.73. The predicted molar refractivity (Wildman–Crippen MR) is 127 cm³/mol. The van der Waals surface area contributed by atoms with Crippen molar-refractivity contribution >= 4 is 29.2 Å². The summed E-state index contributed by atoms with van der Waals surface area (Å²) in [6.45, 7) is 0.248. The van der Waals surface area contributed by atoms with Crippen molar-refractivity contribution in [3.63, 3.8) is 0 Å². The van der Waals surface area contributed by atoms with Gasteiger partial charge in [0.2, 0.25) is 5.95 Å². The van der Waals surface area contributed by atoms with Crippen molar-refractivity contribution in [1.29, 1.82) is 0 Å². The Morgan fingerprint density at radius 1 is 0.939 bits per heavy atom. The van der Waals surface area contributed by atoms with E-state index in [0.29, 0.717) is 44.3 Å². The minimum absolute atomic E-state index is 0.0386. The Hall–Kier alpha value is -3.68. The SMILES string of the molecule is COc1ccccc1Oc1cnc(N)nc1-c1ccc(OCc2ccc(Cl)c(Cl)c2)cc1O. The molecule has 9 heteroatoms. The molecule has 0 bridgehead atoms. The number of hydrogen-bond acceptors (Lipinski definition) is 7. The van der Waals surface area contributed by atoms with E-state index in [-0.39, 0.29) is 18.3 Å². The lowest BCUT2D eigenvalue weighted by Gasteiger charge is -2.14. The van der Waals surface area contributed by atoms with Crippen molar-refractivity contribution in [1.82, 2.24) is 9.97 Å². The molecule has 0 saturated carbocycles. The van der Waals surface area contributed by atoms with E-state index in [2.05, 4.69) is 9.97 Å². The van der Waals surface area contributed by atoms with E-state index in [1.165, 1.54) is 12.3 Å². The van der Waals surface area contributed by atoms with Crippen LogP contribution in [-0.2, 0) is 6.61 Å². The van der Waals surface area contributed by atoms with Crippen molar-refractivity contribution in [2.45, 2.75) is 6.61 Å². The van der Waals surface area contributed by atoms with Crippen LogP contribution in [0.3, 0.4) is 0 Å². The summed E-state index contributed by atoms with van der Waals surface area (Å²) in [7, 11) is 1.55. The standard InChI is InChI=1S/C24H19Cl2N3O4/c1-31-20-4-2-3-5-21(20)33-22-12-28-24(27)29-23(22)16-8-7-15(11-19(16)30)32-13-14-6-9-17(25)18(26)10-14/h2-12,30H,13H2,1H3,(H2,27,28,29). The zero-order valence-electron chi connectivity index (χ0n) is 17.5. The van der Waals surface area contributed by atoms with Crippen molar-refractivity contribution in [3.8, 4) is 40.0 Å². The highest BCUT2D eigenvalue weighted by molar-refractivity contribution is 6.42. The van der Waals surface area contributed by atoms with E-state index >= 15 is 0 Å². The van der Waals surface area contributed by atoms with Gasteiger partial charge in [0.15, 0.2) is 17.2 Å². The maximum atomic E-state index is 10.7. The van der Waals surface area contributed by atoms with Gasteiger partial charge in [-0.05, 0) is 42.0 Å². The molecule has 0 amide bonds. The van der Waals surface area contributed by atoms with E-state index in [4.69, 9.17) is 43.1 Å². The molecule has 168 valence electrons. The first kappa shape index (κ1) is 22.5. The summed E-state index contributed by atoms with van der Waals surface area (Å²) in [6.07, 6.45) is 1.44. The molecule has 0 radical (unpaired) electrons. The maximum Gasteiger partial charge on any atom is 0.220 e. The normalized spacial score (nSPS) is 10.6. The zero-order chi connectivity index (χ0) is 23.4. The van der Waals surface area contributed by atoms with Crippen molar-refractivity contribution in [3.05, 3.63) is 82.5 Å². The largest absolute Gasteiger partial charge is 0.507 e. The highest BCUT2D eigenvalue weighted by Gasteiger charge is 2.17. The molecular weight excluding hydrogens is 465 g/mol. The lowest BCUT2D eigenvalue weighted by molar-refractivity contribution is 0.304. The fourth-order valence-corrected chi connectivity index (χ4v) is 3.39. The molecule has 3 N–H and O–H groups in total. The third kappa shape index (κ3) is 5.22. The molecule has 7 nitrogen and oxygen atoms in total. The molecule has 1 heterocycles. The maximum absolute atomic E-state index is 10.7. The molecule has 0 atom stereocenters. The van der Waals surface area contributed by atoms with Crippen LogP contribution >= 0.6 is 23.2 Å². The Kier molecular flexibility index (Phi) is 6.72. The van der Waals surface area contributed by atoms with Crippen LogP contribution in [0, 0.1) is 0 Å². The first-order valence-corrected chi connectivity index (χ1v) is 10.5. The molecule has 1 aromatic heterocycles. The zero-order valence-corrected chi connectivity index (χ0v) is 19.0. The van der Waals surface area contributed by atoms with E-state index in [9.17, 15) is 5.11 Å². The van der Waals surface area contributed by atoms with Gasteiger partial charge in [0.05, 0.1) is 23.4 Å². The van der Waals surface area contributed by atoms with Crippen LogP contribution in [0.1, 0.15) is 5.56 Å². The summed E-state index contributed by atoms with van der Waals surface area (Å²) >= 11 is 12.0. The number of ether oxygens (including phenoxy) is 3. The number of nitrogens with two attached hydrogens (primary N) is 1. The summed E-state index contributed by atoms with van der Waals surface area (Å²) in [4.78, 5) is 8.28. The molecule has 0 aliphatic heterocycles. The third-order valence-corrected chi connectivity index (χ3v) is 5.42. The number of para-hydroxylation sites is 2. The van der Waals surface area contributed by atoms with E-state index in [1.807, 2.05) is 18.2 Å². The summed E-state index contributed by atoms with van der Waals surface area (Å²) < 4.78 is 17.1.